The van der Waals surface area contributed by atoms with Crippen LogP contribution in [0.1, 0.15) is 43.8 Å². The van der Waals surface area contributed by atoms with Crippen molar-refractivity contribution in [2.75, 3.05) is 0 Å². The number of ether oxygens (including phenoxy) is 1. The van der Waals surface area contributed by atoms with Crippen molar-refractivity contribution < 1.29 is 14.3 Å². The third-order valence-electron chi connectivity index (χ3n) is 4.83. The van der Waals surface area contributed by atoms with Crippen molar-refractivity contribution in [1.29, 1.82) is 0 Å². The molecule has 2 aromatic heterocycles. The molecule has 0 bridgehead atoms. The van der Waals surface area contributed by atoms with Crippen molar-refractivity contribution in [3.8, 4) is 5.82 Å². The van der Waals surface area contributed by atoms with E-state index in [0.29, 0.717) is 16.9 Å². The summed E-state index contributed by atoms with van der Waals surface area (Å²) in [6, 6.07) is 23.1. The number of aryl methyl sites for hydroxylation is 2. The van der Waals surface area contributed by atoms with Crippen LogP contribution in [0.25, 0.3) is 5.82 Å². The summed E-state index contributed by atoms with van der Waals surface area (Å²) in [7, 11) is 0. The Kier molecular flexibility index (Phi) is 5.71. The first kappa shape index (κ1) is 20.2. The van der Waals surface area contributed by atoms with Gasteiger partial charge in [0.05, 0.1) is 11.3 Å². The highest BCUT2D eigenvalue weighted by atomic mass is 16.5. The number of hydrogen-bond donors (Lipinski definition) is 0. The molecule has 0 fully saturated rings. The zero-order chi connectivity index (χ0) is 21.8. The van der Waals surface area contributed by atoms with E-state index in [-0.39, 0.29) is 11.3 Å². The molecule has 0 spiro atoms. The van der Waals surface area contributed by atoms with E-state index in [9.17, 15) is 9.59 Å². The third-order valence-corrected chi connectivity index (χ3v) is 4.83. The second kappa shape index (κ2) is 8.75. The molecule has 0 saturated heterocycles. The van der Waals surface area contributed by atoms with Crippen molar-refractivity contribution >= 4 is 11.8 Å². The van der Waals surface area contributed by atoms with E-state index >= 15 is 0 Å². The quantitative estimate of drug-likeness (QED) is 0.341. The molecule has 0 aliphatic heterocycles. The van der Waals surface area contributed by atoms with Crippen LogP contribution >= 0.6 is 0 Å². The molecular weight excluding hydrogens is 390 g/mol. The van der Waals surface area contributed by atoms with Gasteiger partial charge in [-0.05, 0) is 32.0 Å². The number of hydrogen-bond acceptors (Lipinski definition) is 5. The molecule has 31 heavy (non-hydrogen) atoms. The second-order valence-corrected chi connectivity index (χ2v) is 7.17. The van der Waals surface area contributed by atoms with Crippen LogP contribution in [0.3, 0.4) is 0 Å². The average molecular weight is 411 g/mol. The van der Waals surface area contributed by atoms with Gasteiger partial charge in [0.1, 0.15) is 0 Å². The minimum absolute atomic E-state index is 0.257. The van der Waals surface area contributed by atoms with Gasteiger partial charge in [0.15, 0.2) is 11.9 Å². The van der Waals surface area contributed by atoms with Gasteiger partial charge in [-0.25, -0.2) is 14.5 Å². The molecule has 0 N–H and O–H groups in total. The fourth-order valence-electron chi connectivity index (χ4n) is 3.32. The molecule has 1 atom stereocenters. The topological polar surface area (TPSA) is 74.1 Å². The number of benzene rings is 2. The number of aromatic nitrogens is 3. The van der Waals surface area contributed by atoms with Crippen molar-refractivity contribution in [1.82, 2.24) is 14.8 Å². The molecule has 0 radical (unpaired) electrons. The lowest BCUT2D eigenvalue weighted by molar-refractivity contribution is 0.0279. The Morgan fingerprint density at radius 1 is 0.871 bits per heavy atom. The van der Waals surface area contributed by atoms with Gasteiger partial charge in [0, 0.05) is 23.0 Å². The zero-order valence-electron chi connectivity index (χ0n) is 17.2. The predicted molar refractivity (Wildman–Crippen MR) is 116 cm³/mol. The van der Waals surface area contributed by atoms with Crippen molar-refractivity contribution in [2.45, 2.75) is 20.0 Å². The number of ketones is 1. The minimum atomic E-state index is -1.05. The van der Waals surface area contributed by atoms with Gasteiger partial charge < -0.3 is 4.74 Å². The average Bonchev–Trinajstić information content (AvgIpc) is 3.16. The van der Waals surface area contributed by atoms with Crippen LogP contribution in [0.2, 0.25) is 0 Å². The molecule has 2 aromatic carbocycles. The van der Waals surface area contributed by atoms with E-state index in [1.807, 2.05) is 32.0 Å². The summed E-state index contributed by atoms with van der Waals surface area (Å²) in [5, 5.41) is 4.39. The number of carbonyl (C=O) groups excluding carboxylic acids is 2. The van der Waals surface area contributed by atoms with Crippen LogP contribution in [-0.2, 0) is 4.74 Å². The predicted octanol–water partition coefficient (Wildman–Crippen LogP) is 4.67. The van der Waals surface area contributed by atoms with E-state index < -0.39 is 12.1 Å². The highest BCUT2D eigenvalue weighted by Gasteiger charge is 2.26. The molecule has 2 heterocycles. The van der Waals surface area contributed by atoms with E-state index in [1.54, 1.807) is 65.3 Å². The maximum absolute atomic E-state index is 13.1. The Morgan fingerprint density at radius 3 is 2.13 bits per heavy atom. The third kappa shape index (κ3) is 4.43. The molecule has 4 rings (SSSR count). The maximum Gasteiger partial charge on any atom is 0.340 e. The standard InChI is InChI=1S/C25H21N3O3/c1-17-15-18(2)28(27-17)22-14-13-21(16-26-22)25(30)31-24(20-11-7-4-8-12-20)23(29)19-9-5-3-6-10-19/h3-16,24H,1-2H3. The van der Waals surface area contributed by atoms with Gasteiger partial charge in [0.25, 0.3) is 0 Å². The molecule has 6 heteroatoms. The number of esters is 1. The van der Waals surface area contributed by atoms with Crippen LogP contribution in [-0.4, -0.2) is 26.5 Å². The number of carbonyl (C=O) groups is 2. The van der Waals surface area contributed by atoms with Crippen molar-refractivity contribution in [3.05, 3.63) is 113 Å². The fourth-order valence-corrected chi connectivity index (χ4v) is 3.32. The molecule has 154 valence electrons. The highest BCUT2D eigenvalue weighted by molar-refractivity contribution is 6.02. The lowest BCUT2D eigenvalue weighted by atomic mass is 10.00. The Balaban J connectivity index is 1.59. The maximum atomic E-state index is 13.1. The highest BCUT2D eigenvalue weighted by Crippen LogP contribution is 2.24. The van der Waals surface area contributed by atoms with Crippen LogP contribution in [0.4, 0.5) is 0 Å². The monoisotopic (exact) mass is 411 g/mol. The largest absolute Gasteiger partial charge is 0.445 e. The van der Waals surface area contributed by atoms with E-state index in [4.69, 9.17) is 4.74 Å². The van der Waals surface area contributed by atoms with Crippen LogP contribution < -0.4 is 0 Å². The minimum Gasteiger partial charge on any atom is -0.445 e. The number of nitrogens with zero attached hydrogens (tertiary/aromatic N) is 3. The summed E-state index contributed by atoms with van der Waals surface area (Å²) < 4.78 is 7.37. The van der Waals surface area contributed by atoms with Gasteiger partial charge in [0.2, 0.25) is 5.78 Å². The number of Topliss-reactive ketones (excluding diaryl/α,β-unsaturated/α-hetero) is 1. The summed E-state index contributed by atoms with van der Waals surface area (Å²) in [5.74, 6) is -0.306. The summed E-state index contributed by atoms with van der Waals surface area (Å²) in [5.41, 5.74) is 3.16. The van der Waals surface area contributed by atoms with Gasteiger partial charge in [-0.1, -0.05) is 60.7 Å². The number of rotatable bonds is 6. The summed E-state index contributed by atoms with van der Waals surface area (Å²) in [4.78, 5) is 30.3. The van der Waals surface area contributed by atoms with Gasteiger partial charge >= 0.3 is 5.97 Å². The smallest absolute Gasteiger partial charge is 0.340 e. The van der Waals surface area contributed by atoms with E-state index in [2.05, 4.69) is 10.1 Å². The molecule has 6 nitrogen and oxygen atoms in total. The second-order valence-electron chi connectivity index (χ2n) is 7.17. The van der Waals surface area contributed by atoms with Gasteiger partial charge in [-0.15, -0.1) is 0 Å². The van der Waals surface area contributed by atoms with Crippen molar-refractivity contribution in [3.63, 3.8) is 0 Å². The normalized spacial score (nSPS) is 11.7. The van der Waals surface area contributed by atoms with Gasteiger partial charge in [-0.3, -0.25) is 4.79 Å². The van der Waals surface area contributed by atoms with Crippen molar-refractivity contribution in [2.24, 2.45) is 0 Å². The summed E-state index contributed by atoms with van der Waals surface area (Å²) in [6.07, 6.45) is 0.384. The lowest BCUT2D eigenvalue weighted by Gasteiger charge is -2.17. The van der Waals surface area contributed by atoms with Gasteiger partial charge in [-0.2, -0.15) is 5.10 Å². The van der Waals surface area contributed by atoms with E-state index in [0.717, 1.165) is 11.4 Å². The molecule has 0 amide bonds. The molecule has 0 aliphatic carbocycles. The molecular formula is C25H21N3O3. The Labute approximate surface area is 180 Å². The molecule has 1 unspecified atom stereocenters. The van der Waals surface area contributed by atoms with Crippen LogP contribution in [0.5, 0.6) is 0 Å². The fraction of sp³-hybridized carbons (Fsp3) is 0.120. The van der Waals surface area contributed by atoms with E-state index in [1.165, 1.54) is 6.20 Å². The zero-order valence-corrected chi connectivity index (χ0v) is 17.2. The molecule has 0 aliphatic rings. The molecule has 0 saturated carbocycles. The van der Waals surface area contributed by atoms with Crippen LogP contribution in [0, 0.1) is 13.8 Å². The summed E-state index contributed by atoms with van der Waals surface area (Å²) >= 11 is 0. The SMILES string of the molecule is Cc1cc(C)n(-c2ccc(C(=O)OC(C(=O)c3ccccc3)c3ccccc3)cn2)n1. The lowest BCUT2D eigenvalue weighted by Crippen LogP contribution is -2.20. The Bertz CT molecular complexity index is 1200. The summed E-state index contributed by atoms with van der Waals surface area (Å²) in [6.45, 7) is 3.84. The van der Waals surface area contributed by atoms with Crippen LogP contribution in [0.15, 0.2) is 85.1 Å². The Hall–Kier alpha value is -4.06. The number of pyridine rings is 1. The first-order chi connectivity index (χ1) is 15.0. The first-order valence-corrected chi connectivity index (χ1v) is 9.88. The Morgan fingerprint density at radius 2 is 1.55 bits per heavy atom. The molecule has 4 aromatic rings. The first-order valence-electron chi connectivity index (χ1n) is 9.88.